The molecule has 20 heavy (non-hydrogen) atoms. The first-order valence-electron chi connectivity index (χ1n) is 7.02. The minimum atomic E-state index is -0.758. The van der Waals surface area contributed by atoms with Crippen molar-refractivity contribution in [3.05, 3.63) is 28.8 Å². The van der Waals surface area contributed by atoms with E-state index in [1.807, 2.05) is 19.1 Å². The summed E-state index contributed by atoms with van der Waals surface area (Å²) in [6.07, 6.45) is 4.69. The molecule has 3 N–H and O–H groups in total. The van der Waals surface area contributed by atoms with Crippen LogP contribution in [0.2, 0.25) is 5.02 Å². The van der Waals surface area contributed by atoms with E-state index in [1.165, 1.54) is 0 Å². The quantitative estimate of drug-likeness (QED) is 0.800. The Balaban J connectivity index is 1.87. The third-order valence-corrected chi connectivity index (χ3v) is 4.06. The maximum Gasteiger partial charge on any atom is 0.319 e. The molecule has 0 aliphatic heterocycles. The molecule has 0 radical (unpaired) electrons. The summed E-state index contributed by atoms with van der Waals surface area (Å²) in [4.78, 5) is 11.9. The number of anilines is 1. The summed E-state index contributed by atoms with van der Waals surface area (Å²) < 4.78 is 0. The van der Waals surface area contributed by atoms with E-state index < -0.39 is 5.60 Å². The van der Waals surface area contributed by atoms with Gasteiger partial charge in [0, 0.05) is 6.54 Å². The second-order valence-corrected chi connectivity index (χ2v) is 5.98. The van der Waals surface area contributed by atoms with Crippen LogP contribution in [-0.4, -0.2) is 23.3 Å². The number of hydrogen-bond acceptors (Lipinski definition) is 2. The van der Waals surface area contributed by atoms with Crippen molar-refractivity contribution in [2.75, 3.05) is 11.9 Å². The van der Waals surface area contributed by atoms with Crippen LogP contribution in [0, 0.1) is 6.92 Å². The number of nitrogens with one attached hydrogen (secondary N) is 2. The number of urea groups is 1. The molecule has 110 valence electrons. The van der Waals surface area contributed by atoms with E-state index in [9.17, 15) is 9.90 Å². The van der Waals surface area contributed by atoms with Crippen molar-refractivity contribution in [2.24, 2.45) is 0 Å². The van der Waals surface area contributed by atoms with Gasteiger partial charge in [-0.2, -0.15) is 0 Å². The summed E-state index contributed by atoms with van der Waals surface area (Å²) in [5, 5.41) is 16.3. The smallest absolute Gasteiger partial charge is 0.319 e. The zero-order chi connectivity index (χ0) is 14.6. The molecular weight excluding hydrogens is 276 g/mol. The monoisotopic (exact) mass is 296 g/mol. The molecule has 1 aliphatic rings. The molecule has 1 aliphatic carbocycles. The fourth-order valence-corrected chi connectivity index (χ4v) is 2.70. The van der Waals surface area contributed by atoms with Gasteiger partial charge in [0.25, 0.3) is 0 Å². The lowest BCUT2D eigenvalue weighted by Gasteiger charge is -2.32. The van der Waals surface area contributed by atoms with Crippen molar-refractivity contribution < 1.29 is 9.90 Å². The van der Waals surface area contributed by atoms with Gasteiger partial charge in [-0.25, -0.2) is 4.79 Å². The van der Waals surface area contributed by atoms with E-state index in [2.05, 4.69) is 10.6 Å². The van der Waals surface area contributed by atoms with Crippen LogP contribution in [0.1, 0.15) is 37.7 Å². The van der Waals surface area contributed by atoms with Gasteiger partial charge in [-0.3, -0.25) is 0 Å². The lowest BCUT2D eigenvalue weighted by Crippen LogP contribution is -2.45. The fraction of sp³-hybridized carbons (Fsp3) is 0.533. The molecule has 0 atom stereocenters. The third-order valence-electron chi connectivity index (χ3n) is 3.73. The van der Waals surface area contributed by atoms with E-state index in [0.717, 1.165) is 37.7 Å². The van der Waals surface area contributed by atoms with Crippen molar-refractivity contribution in [3.8, 4) is 0 Å². The van der Waals surface area contributed by atoms with E-state index in [4.69, 9.17) is 11.6 Å². The Labute approximate surface area is 124 Å². The van der Waals surface area contributed by atoms with Crippen LogP contribution in [0.4, 0.5) is 10.5 Å². The Morgan fingerprint density at radius 2 is 2.05 bits per heavy atom. The highest BCUT2D eigenvalue weighted by Crippen LogP contribution is 2.27. The van der Waals surface area contributed by atoms with Gasteiger partial charge in [-0.05, 0) is 37.5 Å². The Kier molecular flexibility index (Phi) is 4.89. The third kappa shape index (κ3) is 4.12. The molecule has 4 nitrogen and oxygen atoms in total. The summed E-state index contributed by atoms with van der Waals surface area (Å²) >= 11 is 6.02. The summed E-state index contributed by atoms with van der Waals surface area (Å²) in [5.41, 5.74) is 0.849. The maximum atomic E-state index is 11.9. The number of carbonyl (C=O) groups is 1. The largest absolute Gasteiger partial charge is 0.388 e. The van der Waals surface area contributed by atoms with Crippen molar-refractivity contribution in [1.29, 1.82) is 0 Å². The maximum absolute atomic E-state index is 11.9. The van der Waals surface area contributed by atoms with Crippen LogP contribution in [0.15, 0.2) is 18.2 Å². The van der Waals surface area contributed by atoms with Crippen LogP contribution < -0.4 is 10.6 Å². The molecule has 0 aromatic heterocycles. The Morgan fingerprint density at radius 1 is 1.35 bits per heavy atom. The number of hydrogen-bond donors (Lipinski definition) is 3. The molecule has 0 unspecified atom stereocenters. The standard InChI is InChI=1S/C15H21ClN2O2/c1-11-5-6-12(16)13(9-11)18-14(19)17-10-15(20)7-3-2-4-8-15/h5-6,9,20H,2-4,7-8,10H2,1H3,(H2,17,18,19). The lowest BCUT2D eigenvalue weighted by molar-refractivity contribution is 0.00755. The van der Waals surface area contributed by atoms with Crippen LogP contribution in [-0.2, 0) is 0 Å². The second kappa shape index (κ2) is 6.46. The van der Waals surface area contributed by atoms with Gasteiger partial charge in [-0.15, -0.1) is 0 Å². The van der Waals surface area contributed by atoms with Crippen LogP contribution in [0.3, 0.4) is 0 Å². The fourth-order valence-electron chi connectivity index (χ4n) is 2.53. The van der Waals surface area contributed by atoms with Gasteiger partial charge < -0.3 is 15.7 Å². The first kappa shape index (κ1) is 15.1. The van der Waals surface area contributed by atoms with Crippen molar-refractivity contribution >= 4 is 23.3 Å². The highest BCUT2D eigenvalue weighted by molar-refractivity contribution is 6.33. The van der Waals surface area contributed by atoms with Crippen molar-refractivity contribution in [2.45, 2.75) is 44.6 Å². The number of rotatable bonds is 3. The number of halogens is 1. The van der Waals surface area contributed by atoms with Gasteiger partial charge in [-0.1, -0.05) is 36.9 Å². The molecule has 0 saturated heterocycles. The predicted molar refractivity (Wildman–Crippen MR) is 81.2 cm³/mol. The number of amides is 2. The molecule has 0 heterocycles. The van der Waals surface area contributed by atoms with E-state index in [-0.39, 0.29) is 12.6 Å². The summed E-state index contributed by atoms with van der Waals surface area (Å²) in [5.74, 6) is 0. The zero-order valence-corrected chi connectivity index (χ0v) is 12.5. The van der Waals surface area contributed by atoms with Gasteiger partial charge in [0.15, 0.2) is 0 Å². The lowest BCUT2D eigenvalue weighted by atomic mass is 9.85. The van der Waals surface area contributed by atoms with Crippen LogP contribution in [0.25, 0.3) is 0 Å². The summed E-state index contributed by atoms with van der Waals surface area (Å²) in [6.45, 7) is 2.21. The normalized spacial score (nSPS) is 17.6. The molecule has 1 saturated carbocycles. The molecule has 0 bridgehead atoms. The molecule has 0 spiro atoms. The molecule has 1 fully saturated rings. The van der Waals surface area contributed by atoms with Crippen molar-refractivity contribution in [1.82, 2.24) is 5.32 Å². The molecule has 1 aromatic rings. The first-order chi connectivity index (χ1) is 9.48. The number of carbonyl (C=O) groups excluding carboxylic acids is 1. The minimum Gasteiger partial charge on any atom is -0.388 e. The Bertz CT molecular complexity index is 485. The molecule has 2 amide bonds. The Morgan fingerprint density at radius 3 is 2.75 bits per heavy atom. The number of aliphatic hydroxyl groups is 1. The average Bonchev–Trinajstić information content (AvgIpc) is 2.42. The number of aryl methyl sites for hydroxylation is 1. The molecule has 5 heteroatoms. The molecular formula is C15H21ClN2O2. The zero-order valence-electron chi connectivity index (χ0n) is 11.7. The highest BCUT2D eigenvalue weighted by atomic mass is 35.5. The predicted octanol–water partition coefficient (Wildman–Crippen LogP) is 3.47. The molecule has 2 rings (SSSR count). The minimum absolute atomic E-state index is 0.280. The average molecular weight is 297 g/mol. The van der Waals surface area contributed by atoms with Crippen LogP contribution in [0.5, 0.6) is 0 Å². The van der Waals surface area contributed by atoms with E-state index in [1.54, 1.807) is 6.07 Å². The van der Waals surface area contributed by atoms with Gasteiger partial charge in [0.2, 0.25) is 0 Å². The van der Waals surface area contributed by atoms with Crippen molar-refractivity contribution in [3.63, 3.8) is 0 Å². The SMILES string of the molecule is Cc1ccc(Cl)c(NC(=O)NCC2(O)CCCCC2)c1. The highest BCUT2D eigenvalue weighted by Gasteiger charge is 2.29. The molecule has 1 aromatic carbocycles. The Hall–Kier alpha value is -1.26. The summed E-state index contributed by atoms with van der Waals surface area (Å²) in [7, 11) is 0. The van der Waals surface area contributed by atoms with Gasteiger partial charge in [0.1, 0.15) is 0 Å². The van der Waals surface area contributed by atoms with E-state index in [0.29, 0.717) is 10.7 Å². The van der Waals surface area contributed by atoms with E-state index >= 15 is 0 Å². The first-order valence-corrected chi connectivity index (χ1v) is 7.40. The number of benzene rings is 1. The summed E-state index contributed by atoms with van der Waals surface area (Å²) in [6, 6.07) is 5.12. The van der Waals surface area contributed by atoms with Crippen LogP contribution >= 0.6 is 11.6 Å². The second-order valence-electron chi connectivity index (χ2n) is 5.58. The topological polar surface area (TPSA) is 61.4 Å². The van der Waals surface area contributed by atoms with Gasteiger partial charge in [0.05, 0.1) is 16.3 Å². The van der Waals surface area contributed by atoms with Gasteiger partial charge >= 0.3 is 6.03 Å².